The number of carbonyl (C=O) groups excluding carboxylic acids is 4. The molecule has 0 aliphatic rings. The molecule has 2 aromatic carbocycles. The second-order valence-corrected chi connectivity index (χ2v) is 8.90. The lowest BCUT2D eigenvalue weighted by Gasteiger charge is -2.22. The van der Waals surface area contributed by atoms with Gasteiger partial charge in [0.15, 0.2) is 5.78 Å². The Balaban J connectivity index is 1.83. The highest BCUT2D eigenvalue weighted by Crippen LogP contribution is 2.19. The Labute approximate surface area is 225 Å². The van der Waals surface area contributed by atoms with Crippen molar-refractivity contribution < 1.29 is 38.3 Å². The minimum absolute atomic E-state index is 0.0147. The lowest BCUT2D eigenvalue weighted by Crippen LogP contribution is -2.45. The van der Waals surface area contributed by atoms with Crippen LogP contribution in [0.2, 0.25) is 0 Å². The van der Waals surface area contributed by atoms with Crippen molar-refractivity contribution in [1.82, 2.24) is 5.32 Å². The lowest BCUT2D eigenvalue weighted by atomic mass is 9.93. The molecule has 0 heterocycles. The van der Waals surface area contributed by atoms with Gasteiger partial charge in [-0.15, -0.1) is 0 Å². The van der Waals surface area contributed by atoms with Gasteiger partial charge in [-0.25, -0.2) is 9.59 Å². The molecule has 2 rings (SSSR count). The normalized spacial score (nSPS) is 12.0. The summed E-state index contributed by atoms with van der Waals surface area (Å²) in [6.07, 6.45) is -0.388. The minimum atomic E-state index is -0.983. The van der Waals surface area contributed by atoms with Crippen LogP contribution in [0, 0.1) is 22.0 Å². The summed E-state index contributed by atoms with van der Waals surface area (Å²) in [5.41, 5.74) is 0.955. The Kier molecular flexibility index (Phi) is 11.6. The number of benzene rings is 2. The van der Waals surface area contributed by atoms with Gasteiger partial charge in [0.05, 0.1) is 11.0 Å². The maximum Gasteiger partial charge on any atom is 0.514 e. The van der Waals surface area contributed by atoms with Gasteiger partial charge in [-0.05, 0) is 35.7 Å². The number of nitrogens with one attached hydrogen (secondary N) is 2. The quantitative estimate of drug-likeness (QED) is 0.119. The van der Waals surface area contributed by atoms with Gasteiger partial charge in [0, 0.05) is 30.2 Å². The Morgan fingerprint density at radius 2 is 1.64 bits per heavy atom. The van der Waals surface area contributed by atoms with E-state index in [1.165, 1.54) is 30.3 Å². The van der Waals surface area contributed by atoms with Crippen LogP contribution in [-0.4, -0.2) is 41.5 Å². The van der Waals surface area contributed by atoms with Gasteiger partial charge in [-0.1, -0.05) is 45.6 Å². The average Bonchev–Trinajstić information content (AvgIpc) is 2.90. The first kappa shape index (κ1) is 30.5. The number of nitro groups is 1. The number of ketones is 1. The first-order valence-electron chi connectivity index (χ1n) is 12.1. The number of nitro benzene ring substituents is 1. The van der Waals surface area contributed by atoms with E-state index in [1.54, 1.807) is 45.0 Å². The summed E-state index contributed by atoms with van der Waals surface area (Å²) in [7, 11) is 0. The summed E-state index contributed by atoms with van der Waals surface area (Å²) in [4.78, 5) is 59.2. The van der Waals surface area contributed by atoms with E-state index in [0.717, 1.165) is 0 Å². The van der Waals surface area contributed by atoms with E-state index < -0.39 is 29.1 Å². The average molecular weight is 542 g/mol. The van der Waals surface area contributed by atoms with Crippen molar-refractivity contribution >= 4 is 35.3 Å². The first-order chi connectivity index (χ1) is 18.5. The molecule has 0 saturated heterocycles. The first-order valence-corrected chi connectivity index (χ1v) is 12.1. The lowest BCUT2D eigenvalue weighted by molar-refractivity contribution is -0.384. The number of nitrogens with zero attached hydrogens (tertiary/aromatic N) is 1. The van der Waals surface area contributed by atoms with Crippen LogP contribution in [0.3, 0.4) is 0 Å². The third kappa shape index (κ3) is 10.3. The van der Waals surface area contributed by atoms with Crippen molar-refractivity contribution in [3.05, 3.63) is 76.9 Å². The fourth-order valence-electron chi connectivity index (χ4n) is 3.30. The third-order valence-corrected chi connectivity index (χ3v) is 5.40. The molecule has 0 saturated carbocycles. The number of alkyl carbamates (subject to hydrolysis) is 1. The predicted octanol–water partition coefficient (Wildman–Crippen LogP) is 4.78. The molecule has 0 fully saturated rings. The third-order valence-electron chi connectivity index (χ3n) is 5.40. The van der Waals surface area contributed by atoms with Crippen molar-refractivity contribution in [2.24, 2.45) is 11.8 Å². The number of carbonyl (C=O) groups is 4. The van der Waals surface area contributed by atoms with E-state index in [4.69, 9.17) is 14.2 Å². The molecule has 12 nitrogen and oxygen atoms in total. The second kappa shape index (κ2) is 14.9. The minimum Gasteiger partial charge on any atom is -0.445 e. The van der Waals surface area contributed by atoms with E-state index in [-0.39, 0.29) is 48.7 Å². The van der Waals surface area contributed by atoms with E-state index in [1.807, 2.05) is 0 Å². The SMILES string of the molecule is C=CCOC(=O)N[C@H](C(=O)C[C@@H](C)C(=O)Nc1ccc(COC(=O)Oc2ccc([N+](=O)[O-])cc2)cc1)C(C)C. The topological polar surface area (TPSA) is 163 Å². The molecule has 2 N–H and O–H groups in total. The molecule has 0 radical (unpaired) electrons. The Morgan fingerprint density at radius 3 is 2.21 bits per heavy atom. The smallest absolute Gasteiger partial charge is 0.445 e. The second-order valence-electron chi connectivity index (χ2n) is 8.90. The molecule has 0 aliphatic heterocycles. The summed E-state index contributed by atoms with van der Waals surface area (Å²) < 4.78 is 14.9. The largest absolute Gasteiger partial charge is 0.514 e. The molecule has 0 aliphatic carbocycles. The molecule has 39 heavy (non-hydrogen) atoms. The van der Waals surface area contributed by atoms with Crippen molar-refractivity contribution in [3.63, 3.8) is 0 Å². The summed E-state index contributed by atoms with van der Waals surface area (Å²) in [5.74, 6) is -1.45. The van der Waals surface area contributed by atoms with Gasteiger partial charge in [0.2, 0.25) is 5.91 Å². The highest BCUT2D eigenvalue weighted by Gasteiger charge is 2.28. The van der Waals surface area contributed by atoms with Crippen LogP contribution in [0.5, 0.6) is 5.75 Å². The fourth-order valence-corrected chi connectivity index (χ4v) is 3.30. The number of ether oxygens (including phenoxy) is 3. The number of anilines is 1. The number of hydrogen-bond donors (Lipinski definition) is 2. The zero-order valence-corrected chi connectivity index (χ0v) is 21.9. The molecule has 0 unspecified atom stereocenters. The van der Waals surface area contributed by atoms with Crippen LogP contribution in [0.25, 0.3) is 0 Å². The Hall–Kier alpha value is -4.74. The number of Topliss-reactive ketones (excluding diaryl/α,β-unsaturated/α-hetero) is 1. The standard InChI is InChI=1S/C27H31N3O9/c1-5-14-37-26(33)29-24(17(2)3)23(31)15-18(4)25(32)28-20-8-6-19(7-9-20)16-38-27(34)39-22-12-10-21(11-13-22)30(35)36/h5-13,17-18,24H,1,14-16H2,2-4H3,(H,28,32)(H,29,33)/t18-,24+/m1/s1. The molecule has 2 atom stereocenters. The maximum absolute atomic E-state index is 12.7. The molecule has 2 aromatic rings. The van der Waals surface area contributed by atoms with Crippen LogP contribution < -0.4 is 15.4 Å². The van der Waals surface area contributed by atoms with Crippen LogP contribution in [0.15, 0.2) is 61.2 Å². The predicted molar refractivity (Wildman–Crippen MR) is 141 cm³/mol. The van der Waals surface area contributed by atoms with Gasteiger partial charge in [-0.3, -0.25) is 19.7 Å². The molecule has 0 bridgehead atoms. The van der Waals surface area contributed by atoms with Crippen LogP contribution in [-0.2, 0) is 25.7 Å². The zero-order chi connectivity index (χ0) is 28.9. The summed E-state index contributed by atoms with van der Waals surface area (Å²) in [6, 6.07) is 10.7. The number of rotatable bonds is 13. The van der Waals surface area contributed by atoms with Gasteiger partial charge in [-0.2, -0.15) is 0 Å². The molecule has 208 valence electrons. The molecule has 0 aromatic heterocycles. The highest BCUT2D eigenvalue weighted by molar-refractivity contribution is 5.97. The van der Waals surface area contributed by atoms with E-state index >= 15 is 0 Å². The van der Waals surface area contributed by atoms with Gasteiger partial charge >= 0.3 is 12.2 Å². The van der Waals surface area contributed by atoms with Crippen molar-refractivity contribution in [3.8, 4) is 5.75 Å². The number of hydrogen-bond acceptors (Lipinski definition) is 9. The number of non-ortho nitro benzene ring substituents is 1. The van der Waals surface area contributed by atoms with Crippen molar-refractivity contribution in [2.75, 3.05) is 11.9 Å². The monoisotopic (exact) mass is 541 g/mol. The van der Waals surface area contributed by atoms with Gasteiger partial charge < -0.3 is 24.8 Å². The highest BCUT2D eigenvalue weighted by atomic mass is 16.7. The Morgan fingerprint density at radius 1 is 1.00 bits per heavy atom. The summed E-state index contributed by atoms with van der Waals surface area (Å²) in [6.45, 7) is 8.54. The zero-order valence-electron chi connectivity index (χ0n) is 21.9. The summed E-state index contributed by atoms with van der Waals surface area (Å²) in [5, 5.41) is 15.9. The van der Waals surface area contributed by atoms with Gasteiger partial charge in [0.25, 0.3) is 5.69 Å². The molecular formula is C27H31N3O9. The van der Waals surface area contributed by atoms with E-state index in [0.29, 0.717) is 11.3 Å². The van der Waals surface area contributed by atoms with Crippen LogP contribution in [0.1, 0.15) is 32.8 Å². The van der Waals surface area contributed by atoms with Crippen molar-refractivity contribution in [1.29, 1.82) is 0 Å². The summed E-state index contributed by atoms with van der Waals surface area (Å²) >= 11 is 0. The molecular weight excluding hydrogens is 510 g/mol. The van der Waals surface area contributed by atoms with E-state index in [9.17, 15) is 29.3 Å². The van der Waals surface area contributed by atoms with Gasteiger partial charge in [0.1, 0.15) is 19.0 Å². The van der Waals surface area contributed by atoms with E-state index in [2.05, 4.69) is 17.2 Å². The molecule has 12 heteroatoms. The molecule has 2 amide bonds. The van der Waals surface area contributed by atoms with Crippen molar-refractivity contribution in [2.45, 2.75) is 39.8 Å². The number of amides is 2. The fraction of sp³-hybridized carbons (Fsp3) is 0.333. The maximum atomic E-state index is 12.7. The van der Waals surface area contributed by atoms with Crippen LogP contribution >= 0.6 is 0 Å². The Bertz CT molecular complexity index is 1180. The van der Waals surface area contributed by atoms with Crippen LogP contribution in [0.4, 0.5) is 21.0 Å². The molecule has 0 spiro atoms.